The van der Waals surface area contributed by atoms with Crippen molar-refractivity contribution in [2.75, 3.05) is 0 Å². The fraction of sp³-hybridized carbons (Fsp3) is 0.444. The first-order chi connectivity index (χ1) is 15.5. The molecule has 183 valence electrons. The van der Waals surface area contributed by atoms with Crippen LogP contribution in [0.4, 0.5) is 0 Å². The number of halogens is 3. The summed E-state index contributed by atoms with van der Waals surface area (Å²) in [4.78, 5) is 0. The predicted octanol–water partition coefficient (Wildman–Crippen LogP) is 9.11. The molecule has 0 saturated heterocycles. The van der Waals surface area contributed by atoms with Crippen LogP contribution in [0.15, 0.2) is 48.8 Å². The molecule has 2 nitrogen and oxygen atoms in total. The molecule has 0 N–H and O–H groups in total. The maximum absolute atomic E-state index is 4.89. The topological polar surface area (TPSA) is 8.81 Å². The van der Waals surface area contributed by atoms with Gasteiger partial charge in [-0.15, -0.1) is 0 Å². The second kappa shape index (κ2) is 12.7. The van der Waals surface area contributed by atoms with Crippen LogP contribution in [-0.4, -0.2) is 4.57 Å². The molecule has 0 saturated carbocycles. The van der Waals surface area contributed by atoms with Gasteiger partial charge in [-0.1, -0.05) is 91.8 Å². The minimum absolute atomic E-state index is 0.460. The fourth-order valence-corrected chi connectivity index (χ4v) is 4.14. The van der Waals surface area contributed by atoms with E-state index in [1.807, 2.05) is 0 Å². The molecule has 2 aromatic carbocycles. The molecule has 6 heteroatoms. The zero-order valence-electron chi connectivity index (χ0n) is 20.8. The summed E-state index contributed by atoms with van der Waals surface area (Å²) < 4.78 is 4.40. The van der Waals surface area contributed by atoms with E-state index in [0.29, 0.717) is 23.7 Å². The molecular formula is C27H36Cl3FeN2. The van der Waals surface area contributed by atoms with Gasteiger partial charge >= 0.3 is 41.5 Å². The standard InChI is InChI=1S/C27H36N2.3ClH.Fe/c1-18(2)22-11-9-12-23(19(3)4)26(22)28-15-16-29(17-28)27-24(20(5)6)13-10-14-25(27)21(7)8;;;;/h9-16,18-21H,1-8H3;3*1H;/q;;;;+3/p-3. The monoisotopic (exact) mass is 549 g/mol. The third-order valence-corrected chi connectivity index (χ3v) is 5.75. The number of nitrogens with zero attached hydrogens (tertiary/aromatic N) is 2. The van der Waals surface area contributed by atoms with Crippen LogP contribution in [0.2, 0.25) is 0 Å². The third kappa shape index (κ3) is 7.26. The molecule has 0 bridgehead atoms. The van der Waals surface area contributed by atoms with Crippen LogP contribution in [0.5, 0.6) is 0 Å². The van der Waals surface area contributed by atoms with Crippen LogP contribution in [0, 0.1) is 6.33 Å². The zero-order valence-corrected chi connectivity index (χ0v) is 24.2. The van der Waals surface area contributed by atoms with Crippen molar-refractivity contribution in [2.45, 2.75) is 79.1 Å². The molecular weight excluding hydrogens is 515 g/mol. The molecule has 0 radical (unpaired) electrons. The van der Waals surface area contributed by atoms with Crippen LogP contribution < -0.4 is 4.57 Å². The van der Waals surface area contributed by atoms with Gasteiger partial charge in [0.25, 0.3) is 6.33 Å². The van der Waals surface area contributed by atoms with Gasteiger partial charge in [-0.2, -0.15) is 0 Å². The van der Waals surface area contributed by atoms with E-state index in [9.17, 15) is 0 Å². The molecule has 0 aliphatic rings. The van der Waals surface area contributed by atoms with Gasteiger partial charge in [0.05, 0.1) is 11.4 Å². The van der Waals surface area contributed by atoms with E-state index in [0.717, 1.165) is 0 Å². The minimum atomic E-state index is -1.33. The average Bonchev–Trinajstić information content (AvgIpc) is 3.21. The van der Waals surface area contributed by atoms with Crippen molar-refractivity contribution in [3.63, 3.8) is 0 Å². The SMILES string of the molecule is CC(C)c1cccc(C(C)C)c1-n1[c-][n+](-c2c(C(C)C)cccc2C(C)C)cc1.[Cl][Fe]([Cl])[Cl]. The number of aromatic nitrogens is 2. The number of hydrogen-bond donors (Lipinski definition) is 0. The normalized spacial score (nSPS) is 11.9. The van der Waals surface area contributed by atoms with Gasteiger partial charge in [0.15, 0.2) is 0 Å². The van der Waals surface area contributed by atoms with Crippen molar-refractivity contribution in [2.24, 2.45) is 0 Å². The molecule has 0 amide bonds. The van der Waals surface area contributed by atoms with Gasteiger partial charge in [0, 0.05) is 12.4 Å². The Labute approximate surface area is 217 Å². The summed E-state index contributed by atoms with van der Waals surface area (Å²) in [5, 5.41) is 0. The molecule has 1 heterocycles. The number of hydrogen-bond acceptors (Lipinski definition) is 0. The molecule has 0 aliphatic heterocycles. The van der Waals surface area contributed by atoms with Gasteiger partial charge in [0.1, 0.15) is 0 Å². The Balaban J connectivity index is 0.000000890. The van der Waals surface area contributed by atoms with Crippen molar-refractivity contribution in [3.8, 4) is 11.4 Å². The van der Waals surface area contributed by atoms with Crippen LogP contribution in [0.1, 0.15) is 101 Å². The van der Waals surface area contributed by atoms with E-state index in [1.165, 1.54) is 33.6 Å². The van der Waals surface area contributed by atoms with Crippen molar-refractivity contribution in [1.29, 1.82) is 0 Å². The van der Waals surface area contributed by atoms with Crippen LogP contribution >= 0.6 is 30.3 Å². The summed E-state index contributed by atoms with van der Waals surface area (Å²) in [5.41, 5.74) is 8.05. The molecule has 0 fully saturated rings. The van der Waals surface area contributed by atoms with E-state index >= 15 is 0 Å². The Morgan fingerprint density at radius 2 is 1.06 bits per heavy atom. The Morgan fingerprint density at radius 1 is 0.697 bits per heavy atom. The van der Waals surface area contributed by atoms with E-state index < -0.39 is 11.2 Å². The van der Waals surface area contributed by atoms with Crippen molar-refractivity contribution in [1.82, 2.24) is 4.57 Å². The van der Waals surface area contributed by atoms with Crippen LogP contribution in [0.25, 0.3) is 11.4 Å². The van der Waals surface area contributed by atoms with Gasteiger partial charge in [-0.3, -0.25) is 9.13 Å². The van der Waals surface area contributed by atoms with E-state index in [1.54, 1.807) is 0 Å². The second-order valence-electron chi connectivity index (χ2n) is 9.48. The Bertz CT molecular complexity index is 906. The third-order valence-electron chi connectivity index (χ3n) is 5.75. The quantitative estimate of drug-likeness (QED) is 0.164. The Hall–Kier alpha value is -0.961. The summed E-state index contributed by atoms with van der Waals surface area (Å²) >= 11 is -1.33. The second-order valence-corrected chi connectivity index (χ2v) is 14.9. The number of imidazole rings is 1. The first-order valence-electron chi connectivity index (χ1n) is 11.4. The van der Waals surface area contributed by atoms with Crippen molar-refractivity contribution < 1.29 is 15.7 Å². The van der Waals surface area contributed by atoms with Crippen LogP contribution in [-0.2, 0) is 11.2 Å². The fourth-order valence-electron chi connectivity index (χ4n) is 4.14. The van der Waals surface area contributed by atoms with E-state index in [4.69, 9.17) is 30.3 Å². The Kier molecular flexibility index (Phi) is 10.8. The summed E-state index contributed by atoms with van der Waals surface area (Å²) in [6.45, 7) is 18.2. The number of rotatable bonds is 6. The average molecular weight is 551 g/mol. The zero-order chi connectivity index (χ0) is 24.9. The van der Waals surface area contributed by atoms with Gasteiger partial charge < -0.3 is 0 Å². The molecule has 0 aliphatic carbocycles. The first kappa shape index (κ1) is 28.3. The molecule has 3 rings (SSSR count). The Morgan fingerprint density at radius 3 is 1.42 bits per heavy atom. The molecule has 1 aromatic heterocycles. The van der Waals surface area contributed by atoms with Gasteiger partial charge in [-0.25, -0.2) is 0 Å². The summed E-state index contributed by atoms with van der Waals surface area (Å²) in [6, 6.07) is 13.4. The molecule has 3 aromatic rings. The van der Waals surface area contributed by atoms with Crippen molar-refractivity contribution in [3.05, 3.63) is 77.4 Å². The maximum atomic E-state index is 4.89. The number of benzene rings is 2. The van der Waals surface area contributed by atoms with Crippen molar-refractivity contribution >= 4 is 30.3 Å². The summed E-state index contributed by atoms with van der Waals surface area (Å²) in [5.74, 6) is 1.84. The van der Waals surface area contributed by atoms with Gasteiger partial charge in [0.2, 0.25) is 0 Å². The van der Waals surface area contributed by atoms with Gasteiger partial charge in [-0.05, 0) is 45.9 Å². The van der Waals surface area contributed by atoms with Crippen LogP contribution in [0.3, 0.4) is 0 Å². The molecule has 0 unspecified atom stereocenters. The number of para-hydroxylation sites is 2. The summed E-state index contributed by atoms with van der Waals surface area (Å²) in [7, 11) is 14.7. The predicted molar refractivity (Wildman–Crippen MR) is 140 cm³/mol. The molecule has 33 heavy (non-hydrogen) atoms. The van der Waals surface area contributed by atoms with E-state index in [-0.39, 0.29) is 0 Å². The summed E-state index contributed by atoms with van der Waals surface area (Å²) in [6.07, 6.45) is 7.98. The molecule has 0 atom stereocenters. The molecule has 0 spiro atoms. The first-order valence-corrected chi connectivity index (χ1v) is 16.0. The van der Waals surface area contributed by atoms with E-state index in [2.05, 4.69) is 120 Å².